The lowest BCUT2D eigenvalue weighted by molar-refractivity contribution is 0.493. The molecule has 0 saturated carbocycles. The summed E-state index contributed by atoms with van der Waals surface area (Å²) in [5.74, 6) is 0. The summed E-state index contributed by atoms with van der Waals surface area (Å²) in [5, 5.41) is 3.69. The molecule has 106 valence electrons. The fourth-order valence-electron chi connectivity index (χ4n) is 2.73. The van der Waals surface area contributed by atoms with Crippen LogP contribution in [0.25, 0.3) is 0 Å². The van der Waals surface area contributed by atoms with E-state index in [2.05, 4.69) is 82.4 Å². The molecule has 0 aromatic heterocycles. The summed E-state index contributed by atoms with van der Waals surface area (Å²) >= 11 is 0. The monoisotopic (exact) mass is 267 g/mol. The first kappa shape index (κ1) is 14.8. The zero-order valence-electron chi connectivity index (χ0n) is 13.2. The molecule has 0 aliphatic carbocycles. The van der Waals surface area contributed by atoms with E-state index in [1.807, 2.05) is 0 Å². The van der Waals surface area contributed by atoms with E-state index >= 15 is 0 Å². The summed E-state index contributed by atoms with van der Waals surface area (Å²) in [5.41, 5.74) is 6.72. The Morgan fingerprint density at radius 1 is 0.750 bits per heavy atom. The average molecular weight is 267 g/mol. The van der Waals surface area contributed by atoms with E-state index in [4.69, 9.17) is 0 Å². The third-order valence-electron chi connectivity index (χ3n) is 3.97. The molecule has 0 amide bonds. The van der Waals surface area contributed by atoms with Crippen molar-refractivity contribution in [2.45, 2.75) is 46.7 Å². The van der Waals surface area contributed by atoms with Gasteiger partial charge < -0.3 is 5.32 Å². The van der Waals surface area contributed by atoms with Crippen molar-refractivity contribution in [2.75, 3.05) is 0 Å². The van der Waals surface area contributed by atoms with E-state index < -0.39 is 0 Å². The molecule has 0 saturated heterocycles. The highest BCUT2D eigenvalue weighted by molar-refractivity contribution is 5.33. The second kappa shape index (κ2) is 6.23. The van der Waals surface area contributed by atoms with Crippen LogP contribution in [0.5, 0.6) is 0 Å². The molecular weight excluding hydrogens is 242 g/mol. The summed E-state index contributed by atoms with van der Waals surface area (Å²) < 4.78 is 0. The smallest absolute Gasteiger partial charge is 0.0300 e. The van der Waals surface area contributed by atoms with Gasteiger partial charge in [0.25, 0.3) is 0 Å². The Bertz CT molecular complexity index is 569. The van der Waals surface area contributed by atoms with Gasteiger partial charge in [-0.1, -0.05) is 53.6 Å². The molecule has 2 aromatic rings. The number of hydrogen-bond acceptors (Lipinski definition) is 1. The van der Waals surface area contributed by atoms with Gasteiger partial charge in [-0.15, -0.1) is 0 Å². The van der Waals surface area contributed by atoms with Gasteiger partial charge in [0.1, 0.15) is 0 Å². The average Bonchev–Trinajstić information content (AvgIpc) is 2.39. The fourth-order valence-corrected chi connectivity index (χ4v) is 2.73. The van der Waals surface area contributed by atoms with Crippen LogP contribution in [0.15, 0.2) is 42.5 Å². The van der Waals surface area contributed by atoms with Gasteiger partial charge in [-0.05, 0) is 51.3 Å². The van der Waals surface area contributed by atoms with Gasteiger partial charge in [0, 0.05) is 12.1 Å². The standard InChI is InChI=1S/C19H25N/c1-13-6-9-18(10-7-13)16(4)20-17(5)19-11-8-14(2)12-15(19)3/h6-12,16-17,20H,1-5H3/t16-,17?/m1/s1. The summed E-state index contributed by atoms with van der Waals surface area (Å²) in [4.78, 5) is 0. The van der Waals surface area contributed by atoms with Crippen molar-refractivity contribution in [3.63, 3.8) is 0 Å². The summed E-state index contributed by atoms with van der Waals surface area (Å²) in [6, 6.07) is 16.2. The number of benzene rings is 2. The predicted molar refractivity (Wildman–Crippen MR) is 87.1 cm³/mol. The molecule has 0 spiro atoms. The quantitative estimate of drug-likeness (QED) is 0.819. The highest BCUT2D eigenvalue weighted by Crippen LogP contribution is 2.22. The molecule has 0 aliphatic rings. The topological polar surface area (TPSA) is 12.0 Å². The summed E-state index contributed by atoms with van der Waals surface area (Å²) in [6.07, 6.45) is 0. The third kappa shape index (κ3) is 3.49. The summed E-state index contributed by atoms with van der Waals surface area (Å²) in [7, 11) is 0. The van der Waals surface area contributed by atoms with E-state index in [1.165, 1.54) is 27.8 Å². The largest absolute Gasteiger partial charge is 0.304 e. The zero-order chi connectivity index (χ0) is 14.7. The Morgan fingerprint density at radius 3 is 1.95 bits per heavy atom. The second-order valence-corrected chi connectivity index (χ2v) is 5.88. The number of hydrogen-bond donors (Lipinski definition) is 1. The highest BCUT2D eigenvalue weighted by atomic mass is 14.9. The van der Waals surface area contributed by atoms with Gasteiger partial charge in [-0.2, -0.15) is 0 Å². The Morgan fingerprint density at radius 2 is 1.35 bits per heavy atom. The lowest BCUT2D eigenvalue weighted by atomic mass is 9.98. The molecule has 0 bridgehead atoms. The second-order valence-electron chi connectivity index (χ2n) is 5.88. The molecule has 0 fully saturated rings. The molecule has 2 atom stereocenters. The minimum absolute atomic E-state index is 0.353. The fraction of sp³-hybridized carbons (Fsp3) is 0.368. The maximum atomic E-state index is 3.69. The van der Waals surface area contributed by atoms with E-state index in [1.54, 1.807) is 0 Å². The van der Waals surface area contributed by atoms with Gasteiger partial charge in [0.15, 0.2) is 0 Å². The van der Waals surface area contributed by atoms with Gasteiger partial charge in [-0.25, -0.2) is 0 Å². The lowest BCUT2D eigenvalue weighted by Crippen LogP contribution is -2.23. The van der Waals surface area contributed by atoms with Crippen LogP contribution in [0.3, 0.4) is 0 Å². The van der Waals surface area contributed by atoms with Crippen LogP contribution in [0.1, 0.15) is 53.7 Å². The van der Waals surface area contributed by atoms with Crippen molar-refractivity contribution in [3.8, 4) is 0 Å². The number of rotatable bonds is 4. The Balaban J connectivity index is 2.10. The van der Waals surface area contributed by atoms with E-state index in [0.29, 0.717) is 12.1 Å². The van der Waals surface area contributed by atoms with Crippen molar-refractivity contribution in [2.24, 2.45) is 0 Å². The molecule has 0 aliphatic heterocycles. The minimum atomic E-state index is 0.353. The van der Waals surface area contributed by atoms with Crippen molar-refractivity contribution >= 4 is 0 Å². The molecule has 2 rings (SSSR count). The molecule has 0 radical (unpaired) electrons. The number of aryl methyl sites for hydroxylation is 3. The minimum Gasteiger partial charge on any atom is -0.304 e. The predicted octanol–water partition coefficient (Wildman–Crippen LogP) is 5.02. The van der Waals surface area contributed by atoms with Gasteiger partial charge >= 0.3 is 0 Å². The molecule has 1 nitrogen and oxygen atoms in total. The molecule has 0 heterocycles. The first-order valence-corrected chi connectivity index (χ1v) is 7.37. The van der Waals surface area contributed by atoms with Crippen LogP contribution >= 0.6 is 0 Å². The molecule has 20 heavy (non-hydrogen) atoms. The SMILES string of the molecule is Cc1ccc([C@@H](C)NC(C)c2ccc(C)cc2C)cc1. The van der Waals surface area contributed by atoms with Crippen LogP contribution in [-0.2, 0) is 0 Å². The highest BCUT2D eigenvalue weighted by Gasteiger charge is 2.12. The van der Waals surface area contributed by atoms with Crippen molar-refractivity contribution in [3.05, 3.63) is 70.3 Å². The van der Waals surface area contributed by atoms with Crippen molar-refractivity contribution in [1.29, 1.82) is 0 Å². The Hall–Kier alpha value is -1.60. The Kier molecular flexibility index (Phi) is 4.61. The van der Waals surface area contributed by atoms with Crippen LogP contribution < -0.4 is 5.32 Å². The van der Waals surface area contributed by atoms with Crippen LogP contribution in [0.4, 0.5) is 0 Å². The number of nitrogens with one attached hydrogen (secondary N) is 1. The molecule has 1 heteroatoms. The Labute approximate surface area is 123 Å². The van der Waals surface area contributed by atoms with Gasteiger partial charge in [-0.3, -0.25) is 0 Å². The van der Waals surface area contributed by atoms with E-state index in [0.717, 1.165) is 0 Å². The van der Waals surface area contributed by atoms with Gasteiger partial charge in [0.05, 0.1) is 0 Å². The molecule has 2 aromatic carbocycles. The van der Waals surface area contributed by atoms with E-state index in [9.17, 15) is 0 Å². The molecule has 1 N–H and O–H groups in total. The van der Waals surface area contributed by atoms with Gasteiger partial charge in [0.2, 0.25) is 0 Å². The maximum absolute atomic E-state index is 3.69. The van der Waals surface area contributed by atoms with Crippen LogP contribution in [0.2, 0.25) is 0 Å². The van der Waals surface area contributed by atoms with E-state index in [-0.39, 0.29) is 0 Å². The summed E-state index contributed by atoms with van der Waals surface area (Å²) in [6.45, 7) is 10.9. The van der Waals surface area contributed by atoms with Crippen molar-refractivity contribution in [1.82, 2.24) is 5.32 Å². The maximum Gasteiger partial charge on any atom is 0.0300 e. The lowest BCUT2D eigenvalue weighted by Gasteiger charge is -2.22. The van der Waals surface area contributed by atoms with Crippen LogP contribution in [0, 0.1) is 20.8 Å². The molecule has 1 unspecified atom stereocenters. The first-order chi connectivity index (χ1) is 9.47. The third-order valence-corrected chi connectivity index (χ3v) is 3.97. The van der Waals surface area contributed by atoms with Crippen molar-refractivity contribution < 1.29 is 0 Å². The first-order valence-electron chi connectivity index (χ1n) is 7.37. The van der Waals surface area contributed by atoms with Crippen LogP contribution in [-0.4, -0.2) is 0 Å². The normalized spacial score (nSPS) is 14.1. The zero-order valence-corrected chi connectivity index (χ0v) is 13.2. The molecular formula is C19H25N.